The molecule has 0 spiro atoms. The van der Waals surface area contributed by atoms with E-state index in [1.54, 1.807) is 6.08 Å². The van der Waals surface area contributed by atoms with Gasteiger partial charge in [-0.15, -0.1) is 0 Å². The zero-order chi connectivity index (χ0) is 9.68. The molecule has 0 fully saturated rings. The van der Waals surface area contributed by atoms with Gasteiger partial charge in [0.15, 0.2) is 0 Å². The van der Waals surface area contributed by atoms with Gasteiger partial charge in [0, 0.05) is 0 Å². The summed E-state index contributed by atoms with van der Waals surface area (Å²) >= 11 is 0. The van der Waals surface area contributed by atoms with Crippen LogP contribution in [0.2, 0.25) is 0 Å². The van der Waals surface area contributed by atoms with Crippen molar-refractivity contribution in [3.63, 3.8) is 0 Å². The smallest absolute Gasteiger partial charge is 0.122 e. The molecule has 0 heterocycles. The average Bonchev–Trinajstić information content (AvgIpc) is 2.16. The van der Waals surface area contributed by atoms with Crippen molar-refractivity contribution in [3.8, 4) is 5.75 Å². The molecule has 0 aliphatic heterocycles. The second kappa shape index (κ2) is 4.70. The van der Waals surface area contributed by atoms with E-state index in [0.29, 0.717) is 6.61 Å². The highest BCUT2D eigenvalue weighted by Gasteiger charge is 1.98. The number of benzene rings is 1. The molecule has 0 N–H and O–H groups in total. The third-order valence-electron chi connectivity index (χ3n) is 2.00. The fourth-order valence-electron chi connectivity index (χ4n) is 1.24. The zero-order valence-corrected chi connectivity index (χ0v) is 8.34. The Hall–Kier alpha value is -1.24. The molecule has 0 atom stereocenters. The van der Waals surface area contributed by atoms with Crippen molar-refractivity contribution >= 4 is 0 Å². The Balaban J connectivity index is 2.78. The summed E-state index contributed by atoms with van der Waals surface area (Å²) < 4.78 is 5.47. The monoisotopic (exact) mass is 176 g/mol. The summed E-state index contributed by atoms with van der Waals surface area (Å²) in [6.07, 6.45) is 2.83. The molecule has 13 heavy (non-hydrogen) atoms. The maximum Gasteiger partial charge on any atom is 0.122 e. The molecule has 0 saturated carbocycles. The van der Waals surface area contributed by atoms with Crippen molar-refractivity contribution in [2.75, 3.05) is 6.61 Å². The van der Waals surface area contributed by atoms with Crippen molar-refractivity contribution in [2.45, 2.75) is 20.3 Å². The maximum absolute atomic E-state index is 5.47. The van der Waals surface area contributed by atoms with Crippen LogP contribution in [0.3, 0.4) is 0 Å². The van der Waals surface area contributed by atoms with Gasteiger partial charge in [0.2, 0.25) is 0 Å². The molecule has 0 aromatic heterocycles. The van der Waals surface area contributed by atoms with E-state index in [1.807, 2.05) is 6.07 Å². The fourth-order valence-corrected chi connectivity index (χ4v) is 1.24. The van der Waals surface area contributed by atoms with Gasteiger partial charge in [-0.1, -0.05) is 31.7 Å². The van der Waals surface area contributed by atoms with Crippen molar-refractivity contribution in [2.24, 2.45) is 0 Å². The molecule has 0 amide bonds. The summed E-state index contributed by atoms with van der Waals surface area (Å²) in [5, 5.41) is 0. The Labute approximate surface area is 80.0 Å². The third kappa shape index (κ3) is 2.62. The summed E-state index contributed by atoms with van der Waals surface area (Å²) in [4.78, 5) is 0. The van der Waals surface area contributed by atoms with Crippen LogP contribution in [0.15, 0.2) is 30.9 Å². The van der Waals surface area contributed by atoms with Gasteiger partial charge in [-0.2, -0.15) is 0 Å². The minimum atomic E-state index is 0.576. The van der Waals surface area contributed by atoms with Crippen LogP contribution in [0.4, 0.5) is 0 Å². The summed E-state index contributed by atoms with van der Waals surface area (Å²) in [5.74, 6) is 0.956. The lowest BCUT2D eigenvalue weighted by Gasteiger charge is -2.07. The molecule has 1 heteroatoms. The SMILES string of the molecule is C=CCOc1ccc(CC)cc1C. The molecule has 1 aromatic carbocycles. The normalized spacial score (nSPS) is 9.69. The van der Waals surface area contributed by atoms with Gasteiger partial charge in [-0.3, -0.25) is 0 Å². The second-order valence-corrected chi connectivity index (χ2v) is 3.05. The van der Waals surface area contributed by atoms with E-state index in [4.69, 9.17) is 4.74 Å². The minimum Gasteiger partial charge on any atom is -0.489 e. The van der Waals surface area contributed by atoms with E-state index in [-0.39, 0.29) is 0 Å². The Morgan fingerprint density at radius 2 is 2.23 bits per heavy atom. The molecule has 0 saturated heterocycles. The largest absolute Gasteiger partial charge is 0.489 e. The first-order chi connectivity index (χ1) is 6.27. The Morgan fingerprint density at radius 3 is 2.77 bits per heavy atom. The van der Waals surface area contributed by atoms with E-state index in [2.05, 4.69) is 32.6 Å². The molecule has 1 rings (SSSR count). The zero-order valence-electron chi connectivity index (χ0n) is 8.34. The average molecular weight is 176 g/mol. The number of rotatable bonds is 4. The molecule has 1 nitrogen and oxygen atoms in total. The predicted molar refractivity (Wildman–Crippen MR) is 56.2 cm³/mol. The topological polar surface area (TPSA) is 9.23 Å². The van der Waals surface area contributed by atoms with Crippen LogP contribution in [-0.4, -0.2) is 6.61 Å². The number of hydrogen-bond acceptors (Lipinski definition) is 1. The summed E-state index contributed by atoms with van der Waals surface area (Å²) in [6, 6.07) is 6.29. The van der Waals surface area contributed by atoms with Crippen molar-refractivity contribution in [1.82, 2.24) is 0 Å². The number of ether oxygens (including phenoxy) is 1. The lowest BCUT2D eigenvalue weighted by atomic mass is 10.1. The lowest BCUT2D eigenvalue weighted by Crippen LogP contribution is -1.95. The summed E-state index contributed by atoms with van der Waals surface area (Å²) in [7, 11) is 0. The maximum atomic E-state index is 5.47. The first-order valence-electron chi connectivity index (χ1n) is 4.61. The van der Waals surface area contributed by atoms with Crippen LogP contribution in [-0.2, 0) is 6.42 Å². The lowest BCUT2D eigenvalue weighted by molar-refractivity contribution is 0.360. The van der Waals surface area contributed by atoms with Gasteiger partial charge < -0.3 is 4.74 Å². The van der Waals surface area contributed by atoms with Crippen LogP contribution in [0, 0.1) is 6.92 Å². The molecule has 0 radical (unpaired) electrons. The van der Waals surface area contributed by atoms with Crippen LogP contribution in [0.1, 0.15) is 18.1 Å². The van der Waals surface area contributed by atoms with Gasteiger partial charge >= 0.3 is 0 Å². The van der Waals surface area contributed by atoms with Crippen LogP contribution < -0.4 is 4.74 Å². The quantitative estimate of drug-likeness (QED) is 0.640. The highest BCUT2D eigenvalue weighted by molar-refractivity contribution is 5.36. The third-order valence-corrected chi connectivity index (χ3v) is 2.00. The molecule has 0 aliphatic carbocycles. The van der Waals surface area contributed by atoms with E-state index in [0.717, 1.165) is 12.2 Å². The van der Waals surface area contributed by atoms with Crippen molar-refractivity contribution < 1.29 is 4.74 Å². The molecule has 1 aromatic rings. The molecular formula is C12H16O. The highest BCUT2D eigenvalue weighted by Crippen LogP contribution is 2.19. The van der Waals surface area contributed by atoms with Gasteiger partial charge in [-0.25, -0.2) is 0 Å². The van der Waals surface area contributed by atoms with Crippen LogP contribution >= 0.6 is 0 Å². The Bertz CT molecular complexity index is 289. The van der Waals surface area contributed by atoms with Gasteiger partial charge in [0.05, 0.1) is 0 Å². The second-order valence-electron chi connectivity index (χ2n) is 3.05. The van der Waals surface area contributed by atoms with E-state index < -0.39 is 0 Å². The van der Waals surface area contributed by atoms with E-state index in [1.165, 1.54) is 11.1 Å². The molecular weight excluding hydrogens is 160 g/mol. The first-order valence-corrected chi connectivity index (χ1v) is 4.61. The van der Waals surface area contributed by atoms with Crippen LogP contribution in [0.5, 0.6) is 5.75 Å². The number of hydrogen-bond donors (Lipinski definition) is 0. The standard InChI is InChI=1S/C12H16O/c1-4-8-13-12-7-6-11(5-2)9-10(12)3/h4,6-7,9H,1,5,8H2,2-3H3. The summed E-state index contributed by atoms with van der Waals surface area (Å²) in [6.45, 7) is 8.41. The van der Waals surface area contributed by atoms with E-state index >= 15 is 0 Å². The van der Waals surface area contributed by atoms with E-state index in [9.17, 15) is 0 Å². The molecule has 0 aliphatic rings. The first kappa shape index (κ1) is 9.85. The van der Waals surface area contributed by atoms with Crippen LogP contribution in [0.25, 0.3) is 0 Å². The molecule has 0 bridgehead atoms. The number of aryl methyl sites for hydroxylation is 2. The minimum absolute atomic E-state index is 0.576. The summed E-state index contributed by atoms with van der Waals surface area (Å²) in [5.41, 5.74) is 2.55. The Kier molecular flexibility index (Phi) is 3.56. The predicted octanol–water partition coefficient (Wildman–Crippen LogP) is 3.12. The van der Waals surface area contributed by atoms with Gasteiger partial charge in [0.1, 0.15) is 12.4 Å². The van der Waals surface area contributed by atoms with Gasteiger partial charge in [-0.05, 0) is 30.5 Å². The van der Waals surface area contributed by atoms with Crippen molar-refractivity contribution in [3.05, 3.63) is 42.0 Å². The highest BCUT2D eigenvalue weighted by atomic mass is 16.5. The Morgan fingerprint density at radius 1 is 1.46 bits per heavy atom. The molecule has 0 unspecified atom stereocenters. The fraction of sp³-hybridized carbons (Fsp3) is 0.333. The van der Waals surface area contributed by atoms with Gasteiger partial charge in [0.25, 0.3) is 0 Å². The molecule has 70 valence electrons. The van der Waals surface area contributed by atoms with Crippen molar-refractivity contribution in [1.29, 1.82) is 0 Å².